The number of allylic oxidation sites excluding steroid dienone is 6. The van der Waals surface area contributed by atoms with E-state index in [2.05, 4.69) is 0 Å². The highest BCUT2D eigenvalue weighted by atomic mass is 16.5. The quantitative estimate of drug-likeness (QED) is 0.578. The highest BCUT2D eigenvalue weighted by Gasteiger charge is 2.33. The van der Waals surface area contributed by atoms with Crippen LogP contribution in [0.25, 0.3) is 0 Å². The van der Waals surface area contributed by atoms with E-state index in [-0.39, 0.29) is 11.5 Å². The van der Waals surface area contributed by atoms with E-state index in [4.69, 9.17) is 4.74 Å². The summed E-state index contributed by atoms with van der Waals surface area (Å²) in [5.41, 5.74) is 1.93. The van der Waals surface area contributed by atoms with Gasteiger partial charge in [-0.2, -0.15) is 0 Å². The molecule has 1 aromatic rings. The van der Waals surface area contributed by atoms with Crippen molar-refractivity contribution in [2.75, 3.05) is 0 Å². The van der Waals surface area contributed by atoms with Crippen molar-refractivity contribution in [3.63, 3.8) is 0 Å². The van der Waals surface area contributed by atoms with Crippen LogP contribution in [0.5, 0.6) is 5.75 Å². The average Bonchev–Trinajstić information content (AvgIpc) is 2.66. The Bertz CT molecular complexity index is 846. The van der Waals surface area contributed by atoms with Gasteiger partial charge in [0.25, 0.3) is 5.78 Å². The molecule has 1 saturated carbocycles. The van der Waals surface area contributed by atoms with E-state index in [1.54, 1.807) is 6.07 Å². The molecular formula is C21H18O4. The summed E-state index contributed by atoms with van der Waals surface area (Å²) < 4.78 is 5.82. The topological polar surface area (TPSA) is 60.4 Å². The predicted molar refractivity (Wildman–Crippen MR) is 92.5 cm³/mol. The molecule has 0 spiro atoms. The molecule has 0 saturated heterocycles. The number of carbonyl (C=O) groups excluding carboxylic acids is 3. The molecule has 4 nitrogen and oxygen atoms in total. The zero-order valence-electron chi connectivity index (χ0n) is 13.8. The van der Waals surface area contributed by atoms with Gasteiger partial charge in [-0.15, -0.1) is 0 Å². The first-order valence-electron chi connectivity index (χ1n) is 8.69. The number of ether oxygens (including phenoxy) is 1. The van der Waals surface area contributed by atoms with Gasteiger partial charge in [0.1, 0.15) is 5.75 Å². The second kappa shape index (κ2) is 6.28. The number of benzene rings is 1. The molecule has 0 atom stereocenters. The maximum absolute atomic E-state index is 12.4. The van der Waals surface area contributed by atoms with Crippen molar-refractivity contribution >= 4 is 17.3 Å². The van der Waals surface area contributed by atoms with Crippen LogP contribution >= 0.6 is 0 Å². The number of carbonyl (C=O) groups is 3. The molecule has 126 valence electrons. The third-order valence-corrected chi connectivity index (χ3v) is 5.07. The molecule has 1 aromatic carbocycles. The smallest absolute Gasteiger partial charge is 0.269 e. The van der Waals surface area contributed by atoms with Gasteiger partial charge in [-0.05, 0) is 60.8 Å². The molecular weight excluding hydrogens is 316 g/mol. The van der Waals surface area contributed by atoms with Crippen LogP contribution in [0.15, 0.2) is 53.8 Å². The maximum Gasteiger partial charge on any atom is 0.269 e. The fourth-order valence-corrected chi connectivity index (χ4v) is 3.68. The lowest BCUT2D eigenvalue weighted by molar-refractivity contribution is -0.114. The van der Waals surface area contributed by atoms with Gasteiger partial charge < -0.3 is 4.74 Å². The summed E-state index contributed by atoms with van der Waals surface area (Å²) in [6.07, 6.45) is 11.8. The number of hydrogen-bond donors (Lipinski definition) is 0. The second-order valence-corrected chi connectivity index (χ2v) is 6.70. The molecule has 4 rings (SSSR count). The predicted octanol–water partition coefficient (Wildman–Crippen LogP) is 3.83. The summed E-state index contributed by atoms with van der Waals surface area (Å²) in [5.74, 6) is -0.459. The van der Waals surface area contributed by atoms with Crippen molar-refractivity contribution in [1.29, 1.82) is 0 Å². The first-order valence-corrected chi connectivity index (χ1v) is 8.69. The summed E-state index contributed by atoms with van der Waals surface area (Å²) in [7, 11) is 0. The summed E-state index contributed by atoms with van der Waals surface area (Å²) in [5, 5.41) is 0. The van der Waals surface area contributed by atoms with Gasteiger partial charge in [0.2, 0.25) is 5.78 Å². The number of ketones is 3. The third kappa shape index (κ3) is 2.88. The minimum absolute atomic E-state index is 0.00158. The number of fused-ring (bicyclic) bond motifs is 1. The Morgan fingerprint density at radius 1 is 0.840 bits per heavy atom. The molecule has 4 heteroatoms. The van der Waals surface area contributed by atoms with E-state index >= 15 is 0 Å². The van der Waals surface area contributed by atoms with Crippen LogP contribution < -0.4 is 4.74 Å². The molecule has 0 unspecified atom stereocenters. The molecule has 1 fully saturated rings. The van der Waals surface area contributed by atoms with Gasteiger partial charge in [-0.1, -0.05) is 25.3 Å². The fourth-order valence-electron chi connectivity index (χ4n) is 3.68. The molecule has 0 bridgehead atoms. The summed E-state index contributed by atoms with van der Waals surface area (Å²) in [6.45, 7) is 0. The standard InChI is InChI=1S/C21H18O4/c22-16-9-6-14(7-10-16)21-20(24)19(23)17-11-8-15(12-18(17)25-21)13-4-2-1-3-5-13/h6-13H,1-5H2. The number of rotatable bonds is 1. The Kier molecular flexibility index (Phi) is 3.96. The first-order chi connectivity index (χ1) is 12.1. The van der Waals surface area contributed by atoms with Crippen molar-refractivity contribution in [3.05, 3.63) is 65.0 Å². The van der Waals surface area contributed by atoms with E-state index < -0.39 is 11.6 Å². The van der Waals surface area contributed by atoms with Crippen LogP contribution in [0, 0.1) is 0 Å². The molecule has 0 aromatic heterocycles. The average molecular weight is 334 g/mol. The minimum Gasteiger partial charge on any atom is -0.452 e. The van der Waals surface area contributed by atoms with E-state index in [9.17, 15) is 14.4 Å². The van der Waals surface area contributed by atoms with Gasteiger partial charge in [0.05, 0.1) is 5.56 Å². The molecule has 0 amide bonds. The Hall–Kier alpha value is -2.75. The van der Waals surface area contributed by atoms with Crippen molar-refractivity contribution in [2.45, 2.75) is 38.0 Å². The van der Waals surface area contributed by atoms with Crippen LogP contribution in [0.3, 0.4) is 0 Å². The van der Waals surface area contributed by atoms with E-state index in [0.29, 0.717) is 22.8 Å². The lowest BCUT2D eigenvalue weighted by atomic mass is 9.83. The third-order valence-electron chi connectivity index (χ3n) is 5.07. The highest BCUT2D eigenvalue weighted by Crippen LogP contribution is 2.37. The van der Waals surface area contributed by atoms with Gasteiger partial charge in [0.15, 0.2) is 11.5 Å². The SMILES string of the molecule is O=C1C=CC(=C2Oc3cc(C4CCCCC4)ccc3C(=O)C2=O)C=C1. The monoisotopic (exact) mass is 334 g/mol. The Morgan fingerprint density at radius 3 is 2.28 bits per heavy atom. The van der Waals surface area contributed by atoms with Crippen molar-refractivity contribution in [2.24, 2.45) is 0 Å². The van der Waals surface area contributed by atoms with Crippen LogP contribution in [0.1, 0.15) is 53.9 Å². The van der Waals surface area contributed by atoms with Crippen LogP contribution in [0.4, 0.5) is 0 Å². The molecule has 1 heterocycles. The van der Waals surface area contributed by atoms with Crippen LogP contribution in [0.2, 0.25) is 0 Å². The molecule has 3 aliphatic rings. The molecule has 2 aliphatic carbocycles. The normalized spacial score (nSPS) is 20.7. The van der Waals surface area contributed by atoms with E-state index in [1.807, 2.05) is 12.1 Å². The van der Waals surface area contributed by atoms with E-state index in [1.165, 1.54) is 43.6 Å². The Morgan fingerprint density at radius 2 is 1.56 bits per heavy atom. The van der Waals surface area contributed by atoms with Crippen molar-refractivity contribution < 1.29 is 19.1 Å². The van der Waals surface area contributed by atoms with Gasteiger partial charge >= 0.3 is 0 Å². The largest absolute Gasteiger partial charge is 0.452 e. The van der Waals surface area contributed by atoms with Crippen molar-refractivity contribution in [3.8, 4) is 5.75 Å². The van der Waals surface area contributed by atoms with Crippen LogP contribution in [-0.4, -0.2) is 17.3 Å². The zero-order chi connectivity index (χ0) is 17.4. The van der Waals surface area contributed by atoms with Crippen LogP contribution in [-0.2, 0) is 9.59 Å². The van der Waals surface area contributed by atoms with Crippen molar-refractivity contribution in [1.82, 2.24) is 0 Å². The molecule has 25 heavy (non-hydrogen) atoms. The maximum atomic E-state index is 12.4. The Labute approximate surface area is 145 Å². The summed E-state index contributed by atoms with van der Waals surface area (Å²) >= 11 is 0. The molecule has 1 aliphatic heterocycles. The Balaban J connectivity index is 1.72. The molecule has 0 N–H and O–H groups in total. The van der Waals surface area contributed by atoms with E-state index in [0.717, 1.165) is 18.4 Å². The highest BCUT2D eigenvalue weighted by molar-refractivity contribution is 6.50. The van der Waals surface area contributed by atoms with Gasteiger partial charge in [0, 0.05) is 5.57 Å². The number of hydrogen-bond acceptors (Lipinski definition) is 4. The fraction of sp³-hybridized carbons (Fsp3) is 0.286. The van der Waals surface area contributed by atoms with Gasteiger partial charge in [-0.25, -0.2) is 0 Å². The lowest BCUT2D eigenvalue weighted by Gasteiger charge is -2.25. The summed E-state index contributed by atoms with van der Waals surface area (Å²) in [4.78, 5) is 36.1. The lowest BCUT2D eigenvalue weighted by Crippen LogP contribution is -2.27. The molecule has 0 radical (unpaired) electrons. The first kappa shape index (κ1) is 15.8. The number of Topliss-reactive ketones (excluding diaryl/α,β-unsaturated/α-hetero) is 2. The minimum atomic E-state index is -0.670. The second-order valence-electron chi connectivity index (χ2n) is 6.70. The zero-order valence-corrected chi connectivity index (χ0v) is 13.8. The summed E-state index contributed by atoms with van der Waals surface area (Å²) in [6, 6.07) is 5.55. The van der Waals surface area contributed by atoms with Gasteiger partial charge in [-0.3, -0.25) is 14.4 Å².